The number of nitrogens with one attached hydrogen (secondary N) is 2. The van der Waals surface area contributed by atoms with Gasteiger partial charge in [0.15, 0.2) is 0 Å². The molecule has 1 heterocycles. The maximum atomic E-state index is 12.2. The first-order chi connectivity index (χ1) is 10.4. The molecule has 0 spiro atoms. The molecule has 0 aromatic heterocycles. The molecule has 1 fully saturated rings. The fourth-order valence-electron chi connectivity index (χ4n) is 2.68. The van der Waals surface area contributed by atoms with E-state index in [4.69, 9.17) is 0 Å². The molecule has 0 saturated carbocycles. The van der Waals surface area contributed by atoms with Crippen LogP contribution in [0.4, 0.5) is 4.79 Å². The SMILES string of the molecule is CC(C)CNC(=O)NC(=O)CN1C(=O)[C@@H]2CC=CC[C@H]2C1=O. The summed E-state index contributed by atoms with van der Waals surface area (Å²) in [5.74, 6) is -1.76. The zero-order valence-corrected chi connectivity index (χ0v) is 12.8. The number of imide groups is 2. The molecule has 0 aromatic carbocycles. The number of fused-ring (bicyclic) bond motifs is 1. The monoisotopic (exact) mass is 307 g/mol. The lowest BCUT2D eigenvalue weighted by atomic mass is 9.85. The normalized spacial score (nSPS) is 23.7. The van der Waals surface area contributed by atoms with Gasteiger partial charge in [-0.1, -0.05) is 26.0 Å². The second kappa shape index (κ2) is 6.72. The van der Waals surface area contributed by atoms with E-state index in [1.54, 1.807) is 0 Å². The first-order valence-electron chi connectivity index (χ1n) is 7.48. The molecule has 7 heteroatoms. The molecule has 1 aliphatic carbocycles. The number of hydrogen-bond donors (Lipinski definition) is 2. The molecular weight excluding hydrogens is 286 g/mol. The van der Waals surface area contributed by atoms with Crippen molar-refractivity contribution in [2.45, 2.75) is 26.7 Å². The van der Waals surface area contributed by atoms with Crippen LogP contribution in [0.2, 0.25) is 0 Å². The summed E-state index contributed by atoms with van der Waals surface area (Å²) in [6.45, 7) is 3.90. The molecule has 120 valence electrons. The predicted molar refractivity (Wildman–Crippen MR) is 78.5 cm³/mol. The molecule has 2 aliphatic rings. The van der Waals surface area contributed by atoms with Crippen LogP contribution >= 0.6 is 0 Å². The van der Waals surface area contributed by atoms with Gasteiger partial charge in [-0.05, 0) is 18.8 Å². The van der Waals surface area contributed by atoms with Crippen LogP contribution in [0.3, 0.4) is 0 Å². The Morgan fingerprint density at radius 3 is 2.23 bits per heavy atom. The van der Waals surface area contributed by atoms with Crippen molar-refractivity contribution in [1.82, 2.24) is 15.5 Å². The van der Waals surface area contributed by atoms with Crippen molar-refractivity contribution in [3.05, 3.63) is 12.2 Å². The van der Waals surface area contributed by atoms with E-state index in [1.807, 2.05) is 26.0 Å². The lowest BCUT2D eigenvalue weighted by Crippen LogP contribution is -2.46. The Kier molecular flexibility index (Phi) is 4.95. The summed E-state index contributed by atoms with van der Waals surface area (Å²) >= 11 is 0. The number of urea groups is 1. The van der Waals surface area contributed by atoms with Gasteiger partial charge in [0.25, 0.3) is 0 Å². The number of carbonyl (C=O) groups is 4. The first-order valence-corrected chi connectivity index (χ1v) is 7.48. The number of amides is 5. The lowest BCUT2D eigenvalue weighted by Gasteiger charge is -2.14. The standard InChI is InChI=1S/C15H21N3O4/c1-9(2)7-16-15(22)17-12(19)8-18-13(20)10-5-3-4-6-11(10)14(18)21/h3-4,9-11H,5-8H2,1-2H3,(H2,16,17,19,22)/t10-,11-/m1/s1. The summed E-state index contributed by atoms with van der Waals surface area (Å²) in [7, 11) is 0. The van der Waals surface area contributed by atoms with E-state index in [-0.39, 0.29) is 29.6 Å². The summed E-state index contributed by atoms with van der Waals surface area (Å²) in [4.78, 5) is 48.6. The smallest absolute Gasteiger partial charge is 0.321 e. The van der Waals surface area contributed by atoms with Crippen molar-refractivity contribution in [3.63, 3.8) is 0 Å². The Morgan fingerprint density at radius 1 is 1.18 bits per heavy atom. The Labute approximate surface area is 129 Å². The largest absolute Gasteiger partial charge is 0.338 e. The van der Waals surface area contributed by atoms with Gasteiger partial charge in [-0.2, -0.15) is 0 Å². The molecule has 2 atom stereocenters. The van der Waals surface area contributed by atoms with E-state index in [0.717, 1.165) is 4.90 Å². The highest BCUT2D eigenvalue weighted by atomic mass is 16.2. The van der Waals surface area contributed by atoms with E-state index in [1.165, 1.54) is 0 Å². The predicted octanol–water partition coefficient (Wildman–Crippen LogP) is 0.419. The molecule has 1 aliphatic heterocycles. The molecule has 7 nitrogen and oxygen atoms in total. The van der Waals surface area contributed by atoms with Gasteiger partial charge >= 0.3 is 6.03 Å². The second-order valence-electron chi connectivity index (χ2n) is 6.07. The van der Waals surface area contributed by atoms with Crippen LogP contribution < -0.4 is 10.6 Å². The average Bonchev–Trinajstić information content (AvgIpc) is 2.71. The molecule has 0 unspecified atom stereocenters. The summed E-state index contributed by atoms with van der Waals surface area (Å²) in [5, 5.41) is 4.67. The number of carbonyl (C=O) groups excluding carboxylic acids is 4. The highest BCUT2D eigenvalue weighted by Crippen LogP contribution is 2.34. The van der Waals surface area contributed by atoms with Crippen LogP contribution in [-0.4, -0.2) is 41.7 Å². The van der Waals surface area contributed by atoms with Crippen LogP contribution in [0.1, 0.15) is 26.7 Å². The number of nitrogens with zero attached hydrogens (tertiary/aromatic N) is 1. The minimum absolute atomic E-state index is 0.262. The van der Waals surface area contributed by atoms with E-state index in [2.05, 4.69) is 10.6 Å². The lowest BCUT2D eigenvalue weighted by molar-refractivity contribution is -0.143. The minimum Gasteiger partial charge on any atom is -0.338 e. The Morgan fingerprint density at radius 2 is 1.73 bits per heavy atom. The van der Waals surface area contributed by atoms with Crippen molar-refractivity contribution in [2.75, 3.05) is 13.1 Å². The van der Waals surface area contributed by atoms with E-state index in [0.29, 0.717) is 19.4 Å². The highest BCUT2D eigenvalue weighted by molar-refractivity contribution is 6.08. The number of rotatable bonds is 4. The third-order valence-corrected chi connectivity index (χ3v) is 3.82. The quantitative estimate of drug-likeness (QED) is 0.581. The summed E-state index contributed by atoms with van der Waals surface area (Å²) in [6.07, 6.45) is 4.83. The van der Waals surface area contributed by atoms with Gasteiger partial charge in [0.1, 0.15) is 6.54 Å². The summed E-state index contributed by atoms with van der Waals surface area (Å²) in [5.41, 5.74) is 0. The highest BCUT2D eigenvalue weighted by Gasteiger charge is 2.47. The first kappa shape index (κ1) is 16.2. The fourth-order valence-corrected chi connectivity index (χ4v) is 2.68. The van der Waals surface area contributed by atoms with Crippen LogP contribution in [0, 0.1) is 17.8 Å². The van der Waals surface area contributed by atoms with Crippen LogP contribution in [0.5, 0.6) is 0 Å². The van der Waals surface area contributed by atoms with Gasteiger partial charge in [-0.25, -0.2) is 4.79 Å². The van der Waals surface area contributed by atoms with Crippen LogP contribution in [0.25, 0.3) is 0 Å². The maximum Gasteiger partial charge on any atom is 0.321 e. The second-order valence-corrected chi connectivity index (χ2v) is 6.07. The van der Waals surface area contributed by atoms with E-state index in [9.17, 15) is 19.2 Å². The average molecular weight is 307 g/mol. The van der Waals surface area contributed by atoms with Crippen molar-refractivity contribution in [1.29, 1.82) is 0 Å². The summed E-state index contributed by atoms with van der Waals surface area (Å²) < 4.78 is 0. The van der Waals surface area contributed by atoms with Crippen molar-refractivity contribution >= 4 is 23.8 Å². The van der Waals surface area contributed by atoms with E-state index >= 15 is 0 Å². The molecule has 0 radical (unpaired) electrons. The van der Waals surface area contributed by atoms with Crippen LogP contribution in [-0.2, 0) is 14.4 Å². The number of allylic oxidation sites excluding steroid dienone is 2. The van der Waals surface area contributed by atoms with Gasteiger partial charge in [-0.3, -0.25) is 24.6 Å². The fraction of sp³-hybridized carbons (Fsp3) is 0.600. The Balaban J connectivity index is 1.88. The molecular formula is C15H21N3O4. The van der Waals surface area contributed by atoms with Gasteiger partial charge in [0, 0.05) is 6.54 Å². The Hall–Kier alpha value is -2.18. The van der Waals surface area contributed by atoms with Gasteiger partial charge < -0.3 is 5.32 Å². The third-order valence-electron chi connectivity index (χ3n) is 3.82. The maximum absolute atomic E-state index is 12.2. The molecule has 5 amide bonds. The molecule has 2 rings (SSSR count). The number of likely N-dealkylation sites (tertiary alicyclic amines) is 1. The van der Waals surface area contributed by atoms with E-state index < -0.39 is 18.5 Å². The molecule has 0 bridgehead atoms. The van der Waals surface area contributed by atoms with Crippen molar-refractivity contribution in [2.24, 2.45) is 17.8 Å². The van der Waals surface area contributed by atoms with Gasteiger partial charge in [0.2, 0.25) is 17.7 Å². The molecule has 22 heavy (non-hydrogen) atoms. The van der Waals surface area contributed by atoms with Gasteiger partial charge in [0.05, 0.1) is 11.8 Å². The van der Waals surface area contributed by atoms with Gasteiger partial charge in [-0.15, -0.1) is 0 Å². The summed E-state index contributed by atoms with van der Waals surface area (Å²) in [6, 6.07) is -0.614. The Bertz CT molecular complexity index is 501. The topological polar surface area (TPSA) is 95.6 Å². The van der Waals surface area contributed by atoms with Crippen molar-refractivity contribution < 1.29 is 19.2 Å². The molecule has 2 N–H and O–H groups in total. The zero-order valence-electron chi connectivity index (χ0n) is 12.8. The van der Waals surface area contributed by atoms with Crippen molar-refractivity contribution in [3.8, 4) is 0 Å². The zero-order chi connectivity index (χ0) is 16.3. The van der Waals surface area contributed by atoms with Crippen LogP contribution in [0.15, 0.2) is 12.2 Å². The molecule has 1 saturated heterocycles. The minimum atomic E-state index is -0.658. The third kappa shape index (κ3) is 3.52. The molecule has 0 aromatic rings. The number of hydrogen-bond acceptors (Lipinski definition) is 4.